The van der Waals surface area contributed by atoms with Crippen molar-refractivity contribution in [3.63, 3.8) is 0 Å². The largest absolute Gasteiger partial charge is 0.467 e. The summed E-state index contributed by atoms with van der Waals surface area (Å²) in [6, 6.07) is 22.2. The summed E-state index contributed by atoms with van der Waals surface area (Å²) >= 11 is 0. The zero-order valence-corrected chi connectivity index (χ0v) is 15.5. The third-order valence-corrected chi connectivity index (χ3v) is 4.95. The minimum atomic E-state index is 0.0237. The maximum Gasteiger partial charge on any atom is 0.128 e. The molecule has 0 saturated carbocycles. The first-order valence-electron chi connectivity index (χ1n) is 9.16. The Morgan fingerprint density at radius 3 is 2.41 bits per heavy atom. The van der Waals surface area contributed by atoms with Crippen LogP contribution >= 0.6 is 0 Å². The van der Waals surface area contributed by atoms with E-state index in [0.717, 1.165) is 29.1 Å². The minimum Gasteiger partial charge on any atom is -0.467 e. The van der Waals surface area contributed by atoms with E-state index >= 15 is 0 Å². The van der Waals surface area contributed by atoms with Crippen LogP contribution in [0.5, 0.6) is 0 Å². The van der Waals surface area contributed by atoms with Crippen molar-refractivity contribution in [1.82, 2.24) is 0 Å². The molecule has 4 nitrogen and oxygen atoms in total. The smallest absolute Gasteiger partial charge is 0.128 e. The molecule has 0 aliphatic carbocycles. The van der Waals surface area contributed by atoms with Gasteiger partial charge in [0.1, 0.15) is 11.8 Å². The highest BCUT2D eigenvalue weighted by Crippen LogP contribution is 2.37. The van der Waals surface area contributed by atoms with E-state index in [4.69, 9.17) is 14.8 Å². The summed E-state index contributed by atoms with van der Waals surface area (Å²) in [4.78, 5) is 0. The molecule has 0 saturated heterocycles. The van der Waals surface area contributed by atoms with Gasteiger partial charge in [0.15, 0.2) is 0 Å². The van der Waals surface area contributed by atoms with Crippen LogP contribution in [0.4, 0.5) is 5.69 Å². The minimum absolute atomic E-state index is 0.0237. The summed E-state index contributed by atoms with van der Waals surface area (Å²) in [5.74, 6) is 1.39. The molecule has 0 bridgehead atoms. The fourth-order valence-electron chi connectivity index (χ4n) is 3.37. The molecule has 3 aromatic rings. The van der Waals surface area contributed by atoms with E-state index in [9.17, 15) is 0 Å². The number of hydrazone groups is 1. The fraction of sp³-hybridized carbons (Fsp3) is 0.217. The summed E-state index contributed by atoms with van der Waals surface area (Å²) in [7, 11) is 0. The molecule has 2 heterocycles. The van der Waals surface area contributed by atoms with Gasteiger partial charge < -0.3 is 4.42 Å². The second-order valence-electron chi connectivity index (χ2n) is 7.06. The number of rotatable bonds is 4. The Morgan fingerprint density at radius 2 is 1.81 bits per heavy atom. The molecule has 0 radical (unpaired) electrons. The van der Waals surface area contributed by atoms with Gasteiger partial charge in [-0.15, -0.1) is 0 Å². The van der Waals surface area contributed by atoms with E-state index in [2.05, 4.69) is 44.2 Å². The normalized spacial score (nSPS) is 16.4. The number of benzene rings is 2. The molecule has 1 atom stereocenters. The summed E-state index contributed by atoms with van der Waals surface area (Å²) in [5, 5.41) is 16.0. The maximum atomic E-state index is 9.01. The molecule has 2 aromatic carbocycles. The van der Waals surface area contributed by atoms with Crippen molar-refractivity contribution in [2.45, 2.75) is 32.2 Å². The van der Waals surface area contributed by atoms with E-state index in [0.29, 0.717) is 11.5 Å². The first-order valence-corrected chi connectivity index (χ1v) is 9.16. The van der Waals surface area contributed by atoms with Crippen molar-refractivity contribution in [1.29, 1.82) is 5.26 Å². The van der Waals surface area contributed by atoms with Crippen molar-refractivity contribution >= 4 is 11.4 Å². The van der Waals surface area contributed by atoms with Gasteiger partial charge in [-0.25, -0.2) is 0 Å². The zero-order chi connectivity index (χ0) is 18.8. The SMILES string of the molecule is CC(C)c1ccc(N2N=C(c3ccc(C#N)cc3)CC2c2ccco2)cc1. The van der Waals surface area contributed by atoms with Crippen molar-refractivity contribution in [2.24, 2.45) is 5.10 Å². The van der Waals surface area contributed by atoms with Gasteiger partial charge in [-0.05, 0) is 53.4 Å². The van der Waals surface area contributed by atoms with Crippen LogP contribution in [0.25, 0.3) is 0 Å². The summed E-state index contributed by atoms with van der Waals surface area (Å²) < 4.78 is 5.69. The summed E-state index contributed by atoms with van der Waals surface area (Å²) in [6.07, 6.45) is 2.46. The Morgan fingerprint density at radius 1 is 1.07 bits per heavy atom. The average molecular weight is 355 g/mol. The molecule has 0 fully saturated rings. The first kappa shape index (κ1) is 17.1. The number of hydrogen-bond donors (Lipinski definition) is 0. The molecule has 1 aliphatic heterocycles. The highest BCUT2D eigenvalue weighted by Gasteiger charge is 2.31. The number of hydrogen-bond acceptors (Lipinski definition) is 4. The summed E-state index contributed by atoms with van der Waals surface area (Å²) in [5.41, 5.74) is 5.04. The van der Waals surface area contributed by atoms with E-state index < -0.39 is 0 Å². The average Bonchev–Trinajstić information content (AvgIpc) is 3.38. The molecule has 4 heteroatoms. The summed E-state index contributed by atoms with van der Waals surface area (Å²) in [6.45, 7) is 4.38. The lowest BCUT2D eigenvalue weighted by molar-refractivity contribution is 0.465. The topological polar surface area (TPSA) is 52.5 Å². The predicted molar refractivity (Wildman–Crippen MR) is 107 cm³/mol. The van der Waals surface area contributed by atoms with Crippen molar-refractivity contribution < 1.29 is 4.42 Å². The van der Waals surface area contributed by atoms with E-state index in [-0.39, 0.29) is 6.04 Å². The van der Waals surface area contributed by atoms with Gasteiger partial charge in [0.2, 0.25) is 0 Å². The molecule has 4 rings (SSSR count). The van der Waals surface area contributed by atoms with Gasteiger partial charge in [-0.2, -0.15) is 10.4 Å². The van der Waals surface area contributed by atoms with Crippen molar-refractivity contribution in [2.75, 3.05) is 5.01 Å². The fourth-order valence-corrected chi connectivity index (χ4v) is 3.37. The number of nitrogens with zero attached hydrogens (tertiary/aromatic N) is 3. The lowest BCUT2D eigenvalue weighted by Crippen LogP contribution is -2.18. The van der Waals surface area contributed by atoms with Crippen LogP contribution in [0.2, 0.25) is 0 Å². The van der Waals surface area contributed by atoms with Gasteiger partial charge in [-0.3, -0.25) is 5.01 Å². The molecule has 1 aromatic heterocycles. The highest BCUT2D eigenvalue weighted by molar-refractivity contribution is 6.03. The number of nitriles is 1. The zero-order valence-electron chi connectivity index (χ0n) is 15.5. The van der Waals surface area contributed by atoms with Gasteiger partial charge in [0, 0.05) is 6.42 Å². The lowest BCUT2D eigenvalue weighted by atomic mass is 10.0. The Bertz CT molecular complexity index is 978. The number of furan rings is 1. The Hall–Kier alpha value is -3.32. The van der Waals surface area contributed by atoms with Crippen LogP contribution in [-0.4, -0.2) is 5.71 Å². The lowest BCUT2D eigenvalue weighted by Gasteiger charge is -2.22. The van der Waals surface area contributed by atoms with Gasteiger partial charge in [0.25, 0.3) is 0 Å². The van der Waals surface area contributed by atoms with Crippen LogP contribution in [-0.2, 0) is 0 Å². The molecule has 0 N–H and O–H groups in total. The second-order valence-corrected chi connectivity index (χ2v) is 7.06. The molecule has 1 unspecified atom stereocenters. The Kier molecular flexibility index (Phi) is 4.52. The molecule has 0 spiro atoms. The Labute approximate surface area is 159 Å². The van der Waals surface area contributed by atoms with E-state index in [1.54, 1.807) is 6.26 Å². The molecular formula is C23H21N3O. The quantitative estimate of drug-likeness (QED) is 0.609. The molecule has 27 heavy (non-hydrogen) atoms. The van der Waals surface area contributed by atoms with E-state index in [1.165, 1.54) is 5.56 Å². The molecular weight excluding hydrogens is 334 g/mol. The highest BCUT2D eigenvalue weighted by atomic mass is 16.3. The van der Waals surface area contributed by atoms with Crippen LogP contribution in [0.15, 0.2) is 76.4 Å². The van der Waals surface area contributed by atoms with Crippen LogP contribution in [0, 0.1) is 11.3 Å². The predicted octanol–water partition coefficient (Wildman–Crippen LogP) is 5.63. The van der Waals surface area contributed by atoms with Crippen molar-refractivity contribution in [3.05, 3.63) is 89.4 Å². The van der Waals surface area contributed by atoms with Gasteiger partial charge in [-0.1, -0.05) is 38.1 Å². The van der Waals surface area contributed by atoms with Crippen LogP contribution in [0.1, 0.15) is 54.7 Å². The first-order chi connectivity index (χ1) is 13.2. The van der Waals surface area contributed by atoms with Crippen molar-refractivity contribution in [3.8, 4) is 6.07 Å². The standard InChI is InChI=1S/C23H21N3O/c1-16(2)18-9-11-20(12-10-18)26-22(23-4-3-13-27-23)14-21(25-26)19-7-5-17(15-24)6-8-19/h3-13,16,22H,14H2,1-2H3. The van der Waals surface area contributed by atoms with Crippen LogP contribution < -0.4 is 5.01 Å². The molecule has 1 aliphatic rings. The maximum absolute atomic E-state index is 9.01. The molecule has 0 amide bonds. The monoisotopic (exact) mass is 355 g/mol. The Balaban J connectivity index is 1.70. The van der Waals surface area contributed by atoms with Gasteiger partial charge in [0.05, 0.1) is 29.3 Å². The second kappa shape index (κ2) is 7.13. The number of anilines is 1. The molecule has 134 valence electrons. The third kappa shape index (κ3) is 3.37. The van der Waals surface area contributed by atoms with E-state index in [1.807, 2.05) is 41.4 Å². The van der Waals surface area contributed by atoms with Crippen LogP contribution in [0.3, 0.4) is 0 Å². The third-order valence-electron chi connectivity index (χ3n) is 4.95. The van der Waals surface area contributed by atoms with Gasteiger partial charge >= 0.3 is 0 Å².